The molecule has 0 aromatic heterocycles. The molecule has 0 spiro atoms. The lowest BCUT2D eigenvalue weighted by molar-refractivity contribution is -0.145. The standard InChI is InChI=1S/C8H18N4O4S2/c9-3-15-7(13)5(11)1-17-18-2-6(12)8(14)16-4-10/h5-6H,1-4,9-12H2. The highest BCUT2D eigenvalue weighted by Gasteiger charge is 2.17. The minimum Gasteiger partial charge on any atom is -0.449 e. The van der Waals surface area contributed by atoms with Crippen molar-refractivity contribution in [3.63, 3.8) is 0 Å². The van der Waals surface area contributed by atoms with Gasteiger partial charge in [0.25, 0.3) is 0 Å². The largest absolute Gasteiger partial charge is 0.449 e. The van der Waals surface area contributed by atoms with Crippen molar-refractivity contribution in [1.82, 2.24) is 0 Å². The molecule has 8 nitrogen and oxygen atoms in total. The number of esters is 2. The number of hydrogen-bond acceptors (Lipinski definition) is 10. The number of carbonyl (C=O) groups is 2. The van der Waals surface area contributed by atoms with Crippen LogP contribution in [0.4, 0.5) is 0 Å². The van der Waals surface area contributed by atoms with Crippen LogP contribution in [-0.2, 0) is 19.1 Å². The van der Waals surface area contributed by atoms with Crippen LogP contribution >= 0.6 is 21.6 Å². The lowest BCUT2D eigenvalue weighted by atomic mass is 10.4. The molecule has 0 bridgehead atoms. The van der Waals surface area contributed by atoms with E-state index in [0.29, 0.717) is 11.5 Å². The van der Waals surface area contributed by atoms with Crippen LogP contribution in [0.5, 0.6) is 0 Å². The van der Waals surface area contributed by atoms with Crippen LogP contribution < -0.4 is 22.9 Å². The van der Waals surface area contributed by atoms with Crippen LogP contribution in [0.1, 0.15) is 0 Å². The Labute approximate surface area is 113 Å². The summed E-state index contributed by atoms with van der Waals surface area (Å²) in [6.07, 6.45) is 0. The van der Waals surface area contributed by atoms with E-state index in [9.17, 15) is 9.59 Å². The minimum absolute atomic E-state index is 0.194. The fourth-order valence-corrected chi connectivity index (χ4v) is 2.97. The molecule has 0 fully saturated rings. The quantitative estimate of drug-likeness (QED) is 0.161. The Bertz CT molecular complexity index is 243. The van der Waals surface area contributed by atoms with E-state index >= 15 is 0 Å². The predicted octanol–water partition coefficient (Wildman–Crippen LogP) is -2.06. The topological polar surface area (TPSA) is 157 Å². The first-order valence-corrected chi connectivity index (χ1v) is 7.50. The van der Waals surface area contributed by atoms with Crippen molar-refractivity contribution in [1.29, 1.82) is 0 Å². The van der Waals surface area contributed by atoms with Crippen LogP contribution in [0, 0.1) is 0 Å². The van der Waals surface area contributed by atoms with Gasteiger partial charge in [0.2, 0.25) is 0 Å². The first-order chi connectivity index (χ1) is 8.52. The molecule has 0 saturated heterocycles. The molecule has 0 aromatic carbocycles. The summed E-state index contributed by atoms with van der Waals surface area (Å²) in [6.45, 7) is -0.389. The summed E-state index contributed by atoms with van der Waals surface area (Å²) in [7, 11) is 2.62. The highest BCUT2D eigenvalue weighted by Crippen LogP contribution is 2.22. The van der Waals surface area contributed by atoms with Gasteiger partial charge in [0.1, 0.15) is 25.5 Å². The molecule has 8 N–H and O–H groups in total. The Morgan fingerprint density at radius 2 is 1.22 bits per heavy atom. The van der Waals surface area contributed by atoms with E-state index in [1.54, 1.807) is 0 Å². The molecular weight excluding hydrogens is 280 g/mol. The van der Waals surface area contributed by atoms with Gasteiger partial charge in [-0.25, -0.2) is 0 Å². The Kier molecular flexibility index (Phi) is 10.1. The Morgan fingerprint density at radius 1 is 0.889 bits per heavy atom. The van der Waals surface area contributed by atoms with Gasteiger partial charge in [-0.2, -0.15) is 0 Å². The molecule has 0 saturated carbocycles. The zero-order valence-electron chi connectivity index (χ0n) is 9.74. The first kappa shape index (κ1) is 17.5. The molecule has 0 heterocycles. The fraction of sp³-hybridized carbons (Fsp3) is 0.750. The molecular formula is C8H18N4O4S2. The lowest BCUT2D eigenvalue weighted by Gasteiger charge is -2.11. The van der Waals surface area contributed by atoms with Gasteiger partial charge in [-0.05, 0) is 0 Å². The van der Waals surface area contributed by atoms with Gasteiger partial charge < -0.3 is 20.9 Å². The third-order valence-corrected chi connectivity index (χ3v) is 4.11. The van der Waals surface area contributed by atoms with Crippen molar-refractivity contribution >= 4 is 33.5 Å². The van der Waals surface area contributed by atoms with E-state index in [2.05, 4.69) is 9.47 Å². The van der Waals surface area contributed by atoms with Gasteiger partial charge in [-0.15, -0.1) is 0 Å². The predicted molar refractivity (Wildman–Crippen MR) is 71.2 cm³/mol. The smallest absolute Gasteiger partial charge is 0.325 e. The van der Waals surface area contributed by atoms with Crippen LogP contribution in [0.3, 0.4) is 0 Å². The molecule has 0 aromatic rings. The summed E-state index contributed by atoms with van der Waals surface area (Å²) in [5.41, 5.74) is 21.1. The van der Waals surface area contributed by atoms with Gasteiger partial charge in [0.05, 0.1) is 0 Å². The van der Waals surface area contributed by atoms with Crippen molar-refractivity contribution in [2.45, 2.75) is 12.1 Å². The monoisotopic (exact) mass is 298 g/mol. The third kappa shape index (κ3) is 7.74. The van der Waals surface area contributed by atoms with Crippen molar-refractivity contribution in [3.05, 3.63) is 0 Å². The molecule has 0 aliphatic rings. The summed E-state index contributed by atoms with van der Waals surface area (Å²) >= 11 is 0. The zero-order chi connectivity index (χ0) is 14.0. The number of rotatable bonds is 9. The fourth-order valence-electron chi connectivity index (χ4n) is 0.757. The molecule has 0 aliphatic heterocycles. The normalized spacial score (nSPS) is 13.8. The Balaban J connectivity index is 3.66. The number of hydrogen-bond donors (Lipinski definition) is 4. The molecule has 0 rings (SSSR count). The third-order valence-electron chi connectivity index (χ3n) is 1.64. The molecule has 106 valence electrons. The first-order valence-electron chi connectivity index (χ1n) is 5.01. The SMILES string of the molecule is NCOC(=O)C(N)CSSCC(N)C(=O)OCN. The second-order valence-electron chi connectivity index (χ2n) is 3.04. The summed E-state index contributed by atoms with van der Waals surface area (Å²) in [4.78, 5) is 22.2. The second kappa shape index (κ2) is 10.4. The summed E-state index contributed by atoms with van der Waals surface area (Å²) in [5.74, 6) is -0.445. The summed E-state index contributed by atoms with van der Waals surface area (Å²) in [6, 6.07) is -1.50. The van der Waals surface area contributed by atoms with Crippen molar-refractivity contribution in [3.8, 4) is 0 Å². The van der Waals surface area contributed by atoms with Gasteiger partial charge in [0.15, 0.2) is 0 Å². The van der Waals surface area contributed by atoms with Crippen molar-refractivity contribution in [2.75, 3.05) is 25.0 Å². The molecule has 0 aliphatic carbocycles. The van der Waals surface area contributed by atoms with Crippen LogP contribution in [-0.4, -0.2) is 49.0 Å². The summed E-state index contributed by atoms with van der Waals surface area (Å²) < 4.78 is 9.06. The average Bonchev–Trinajstić information content (AvgIpc) is 2.34. The number of carbonyl (C=O) groups excluding carboxylic acids is 2. The lowest BCUT2D eigenvalue weighted by Crippen LogP contribution is -2.36. The van der Waals surface area contributed by atoms with E-state index in [4.69, 9.17) is 22.9 Å². The highest BCUT2D eigenvalue weighted by molar-refractivity contribution is 8.76. The van der Waals surface area contributed by atoms with E-state index in [-0.39, 0.29) is 13.5 Å². The average molecular weight is 298 g/mol. The van der Waals surface area contributed by atoms with E-state index < -0.39 is 24.0 Å². The Morgan fingerprint density at radius 3 is 1.50 bits per heavy atom. The van der Waals surface area contributed by atoms with E-state index in [1.165, 1.54) is 21.6 Å². The second-order valence-corrected chi connectivity index (χ2v) is 5.59. The van der Waals surface area contributed by atoms with Crippen LogP contribution in [0.25, 0.3) is 0 Å². The van der Waals surface area contributed by atoms with E-state index in [1.807, 2.05) is 0 Å². The van der Waals surface area contributed by atoms with Crippen LogP contribution in [0.15, 0.2) is 0 Å². The van der Waals surface area contributed by atoms with Gasteiger partial charge in [-0.3, -0.25) is 21.1 Å². The maximum Gasteiger partial charge on any atom is 0.325 e. The van der Waals surface area contributed by atoms with Crippen LogP contribution in [0.2, 0.25) is 0 Å². The minimum atomic E-state index is -0.752. The maximum absolute atomic E-state index is 11.1. The van der Waals surface area contributed by atoms with Crippen molar-refractivity contribution in [2.24, 2.45) is 22.9 Å². The zero-order valence-corrected chi connectivity index (χ0v) is 11.4. The van der Waals surface area contributed by atoms with Gasteiger partial charge in [-0.1, -0.05) is 21.6 Å². The molecule has 2 unspecified atom stereocenters. The van der Waals surface area contributed by atoms with E-state index in [0.717, 1.165) is 0 Å². The maximum atomic E-state index is 11.1. The molecule has 0 amide bonds. The molecule has 2 atom stereocenters. The molecule has 18 heavy (non-hydrogen) atoms. The number of nitrogens with two attached hydrogens (primary N) is 4. The summed E-state index contributed by atoms with van der Waals surface area (Å²) in [5, 5.41) is 0. The van der Waals surface area contributed by atoms with Gasteiger partial charge >= 0.3 is 11.9 Å². The molecule has 0 radical (unpaired) electrons. The van der Waals surface area contributed by atoms with Gasteiger partial charge in [0, 0.05) is 11.5 Å². The van der Waals surface area contributed by atoms with Crippen molar-refractivity contribution < 1.29 is 19.1 Å². The molecule has 10 heteroatoms. The number of ether oxygens (including phenoxy) is 2. The Hall–Kier alpha value is -0.520. The highest BCUT2D eigenvalue weighted by atomic mass is 33.1.